The zero-order chi connectivity index (χ0) is 29.4. The quantitative estimate of drug-likeness (QED) is 0.305. The predicted molar refractivity (Wildman–Crippen MR) is 144 cm³/mol. The average molecular weight is 596 g/mol. The van der Waals surface area contributed by atoms with Crippen molar-refractivity contribution < 1.29 is 32.3 Å². The summed E-state index contributed by atoms with van der Waals surface area (Å²) in [6, 6.07) is 12.4. The normalized spacial score (nSPS) is 13.7. The molecule has 1 aromatic heterocycles. The second-order valence-electron chi connectivity index (χ2n) is 9.22. The number of benzene rings is 2. The van der Waals surface area contributed by atoms with E-state index in [1.807, 2.05) is 0 Å². The Morgan fingerprint density at radius 1 is 0.925 bits per heavy atom. The molecule has 0 saturated heterocycles. The lowest BCUT2D eigenvalue weighted by atomic mass is 9.97. The van der Waals surface area contributed by atoms with Crippen LogP contribution in [0.3, 0.4) is 0 Å². The number of nitrogens with one attached hydrogen (secondary N) is 2. The molecule has 3 aromatic rings. The maximum atomic E-state index is 13.6. The number of rotatable bonds is 11. The van der Waals surface area contributed by atoms with Crippen LogP contribution in [-0.4, -0.2) is 40.9 Å². The molecule has 2 N–H and O–H groups in total. The van der Waals surface area contributed by atoms with Gasteiger partial charge in [-0.2, -0.15) is 13.2 Å². The van der Waals surface area contributed by atoms with Gasteiger partial charge in [-0.15, -0.1) is 0 Å². The molecule has 7 nitrogen and oxygen atoms in total. The highest BCUT2D eigenvalue weighted by Crippen LogP contribution is 2.26. The average Bonchev–Trinajstić information content (AvgIpc) is 2.89. The van der Waals surface area contributed by atoms with Crippen LogP contribution < -0.4 is 15.4 Å². The number of amides is 2. The van der Waals surface area contributed by atoms with Gasteiger partial charge in [-0.1, -0.05) is 73.4 Å². The molecule has 0 bridgehead atoms. The number of pyridine rings is 1. The first-order valence-electron chi connectivity index (χ1n) is 12.1. The van der Waals surface area contributed by atoms with E-state index in [1.165, 1.54) is 50.4 Å². The summed E-state index contributed by atoms with van der Waals surface area (Å²) in [5.74, 6) is -4.55. The SMILES string of the molecule is CC(C)[C@H](NC(=O)C(NC(=O)C(Cc1cccnc1)Oc1cc(Cl)cc(Cl)c1)c1ccccc1)C(=O)C(F)(F)F. The first-order valence-corrected chi connectivity index (χ1v) is 12.9. The van der Waals surface area contributed by atoms with E-state index in [1.54, 1.807) is 36.5 Å². The molecule has 0 fully saturated rings. The number of carbonyl (C=O) groups excluding carboxylic acids is 3. The minimum absolute atomic E-state index is 0.0219. The third-order valence-electron chi connectivity index (χ3n) is 5.76. The maximum absolute atomic E-state index is 13.6. The van der Waals surface area contributed by atoms with Crippen LogP contribution in [0.2, 0.25) is 10.0 Å². The van der Waals surface area contributed by atoms with Crippen LogP contribution in [0.15, 0.2) is 73.1 Å². The van der Waals surface area contributed by atoms with E-state index in [0.29, 0.717) is 5.56 Å². The highest BCUT2D eigenvalue weighted by molar-refractivity contribution is 6.34. The Kier molecular flexibility index (Phi) is 10.5. The summed E-state index contributed by atoms with van der Waals surface area (Å²) in [4.78, 5) is 43.0. The zero-order valence-corrected chi connectivity index (χ0v) is 22.9. The predicted octanol–water partition coefficient (Wildman–Crippen LogP) is 5.51. The van der Waals surface area contributed by atoms with Crippen molar-refractivity contribution in [2.75, 3.05) is 0 Å². The number of carbonyl (C=O) groups is 3. The van der Waals surface area contributed by atoms with Gasteiger partial charge in [-0.05, 0) is 41.3 Å². The standard InChI is InChI=1S/C28H26Cl2F3N3O4/c1-16(2)23(25(37)28(31,32)33)35-27(39)24(18-8-4-3-5-9-18)36-26(38)22(11-17-7-6-10-34-15-17)40-21-13-19(29)12-20(30)14-21/h3-10,12-16,22-24H,11H2,1-2H3,(H,35,39)(H,36,38)/t22?,23-,24?/m0/s1. The molecule has 0 radical (unpaired) electrons. The lowest BCUT2D eigenvalue weighted by Crippen LogP contribution is -2.53. The minimum atomic E-state index is -5.16. The lowest BCUT2D eigenvalue weighted by Gasteiger charge is -2.27. The lowest BCUT2D eigenvalue weighted by molar-refractivity contribution is -0.175. The van der Waals surface area contributed by atoms with E-state index in [2.05, 4.69) is 15.6 Å². The van der Waals surface area contributed by atoms with E-state index >= 15 is 0 Å². The first kappa shape index (κ1) is 30.9. The molecule has 2 aromatic carbocycles. The van der Waals surface area contributed by atoms with Crippen LogP contribution >= 0.6 is 23.2 Å². The zero-order valence-electron chi connectivity index (χ0n) is 21.4. The smallest absolute Gasteiger partial charge is 0.452 e. The first-order chi connectivity index (χ1) is 18.8. The van der Waals surface area contributed by atoms with Crippen LogP contribution in [-0.2, 0) is 20.8 Å². The maximum Gasteiger partial charge on any atom is 0.452 e. The summed E-state index contributed by atoms with van der Waals surface area (Å²) < 4.78 is 45.5. The van der Waals surface area contributed by atoms with Gasteiger partial charge < -0.3 is 15.4 Å². The summed E-state index contributed by atoms with van der Waals surface area (Å²) in [5, 5.41) is 5.27. The van der Waals surface area contributed by atoms with Crippen molar-refractivity contribution in [3.05, 3.63) is 94.2 Å². The fraction of sp³-hybridized carbons (Fsp3) is 0.286. The Hall–Kier alpha value is -3.63. The fourth-order valence-electron chi connectivity index (χ4n) is 3.81. The molecule has 3 rings (SSSR count). The summed E-state index contributed by atoms with van der Waals surface area (Å²) in [5.41, 5.74) is 0.911. The van der Waals surface area contributed by atoms with Gasteiger partial charge in [0, 0.05) is 28.9 Å². The second-order valence-corrected chi connectivity index (χ2v) is 10.1. The van der Waals surface area contributed by atoms with Crippen LogP contribution in [0.1, 0.15) is 31.0 Å². The summed E-state index contributed by atoms with van der Waals surface area (Å²) in [7, 11) is 0. The molecule has 212 valence electrons. The van der Waals surface area contributed by atoms with E-state index in [4.69, 9.17) is 27.9 Å². The summed E-state index contributed by atoms with van der Waals surface area (Å²) >= 11 is 12.2. The van der Waals surface area contributed by atoms with E-state index < -0.39 is 47.9 Å². The Bertz CT molecular complexity index is 1310. The topological polar surface area (TPSA) is 97.4 Å². The molecule has 0 spiro atoms. The molecule has 1 heterocycles. The van der Waals surface area contributed by atoms with Crippen molar-refractivity contribution in [3.63, 3.8) is 0 Å². The monoisotopic (exact) mass is 595 g/mol. The van der Waals surface area contributed by atoms with Gasteiger partial charge in [-0.25, -0.2) is 0 Å². The molecule has 0 aliphatic carbocycles. The van der Waals surface area contributed by atoms with E-state index in [0.717, 1.165) is 0 Å². The van der Waals surface area contributed by atoms with Crippen LogP contribution in [0.4, 0.5) is 13.2 Å². The van der Waals surface area contributed by atoms with Gasteiger partial charge in [0.25, 0.3) is 11.7 Å². The van der Waals surface area contributed by atoms with Gasteiger partial charge >= 0.3 is 6.18 Å². The Labute approximate surface area is 239 Å². The molecule has 2 unspecified atom stereocenters. The number of nitrogens with zero attached hydrogens (tertiary/aromatic N) is 1. The number of Topliss-reactive ketones (excluding diaryl/α,β-unsaturated/α-hetero) is 1. The fourth-order valence-corrected chi connectivity index (χ4v) is 4.32. The molecule has 0 aliphatic rings. The highest BCUT2D eigenvalue weighted by atomic mass is 35.5. The Morgan fingerprint density at radius 2 is 1.57 bits per heavy atom. The molecule has 12 heteroatoms. The number of hydrogen-bond donors (Lipinski definition) is 2. The number of halogens is 5. The highest BCUT2D eigenvalue weighted by Gasteiger charge is 2.45. The molecule has 3 atom stereocenters. The van der Waals surface area contributed by atoms with Crippen molar-refractivity contribution in [3.8, 4) is 5.75 Å². The summed E-state index contributed by atoms with van der Waals surface area (Å²) in [6.45, 7) is 2.75. The van der Waals surface area contributed by atoms with E-state index in [9.17, 15) is 27.6 Å². The van der Waals surface area contributed by atoms with Gasteiger partial charge in [0.2, 0.25) is 5.91 Å². The Morgan fingerprint density at radius 3 is 2.12 bits per heavy atom. The Balaban J connectivity index is 1.92. The molecular formula is C28H26Cl2F3N3O4. The number of ketones is 1. The van der Waals surface area contributed by atoms with Gasteiger partial charge in [0.1, 0.15) is 11.8 Å². The number of aromatic nitrogens is 1. The number of ether oxygens (including phenoxy) is 1. The van der Waals surface area contributed by atoms with Crippen molar-refractivity contribution >= 4 is 40.8 Å². The van der Waals surface area contributed by atoms with Crippen LogP contribution in [0.5, 0.6) is 5.75 Å². The van der Waals surface area contributed by atoms with Gasteiger partial charge in [-0.3, -0.25) is 19.4 Å². The minimum Gasteiger partial charge on any atom is -0.480 e. The molecular weight excluding hydrogens is 570 g/mol. The van der Waals surface area contributed by atoms with Crippen molar-refractivity contribution in [2.24, 2.45) is 5.92 Å². The third kappa shape index (κ3) is 8.69. The van der Waals surface area contributed by atoms with Gasteiger partial charge in [0.15, 0.2) is 6.10 Å². The van der Waals surface area contributed by atoms with E-state index in [-0.39, 0.29) is 27.8 Å². The molecule has 40 heavy (non-hydrogen) atoms. The molecule has 0 saturated carbocycles. The molecule has 2 amide bonds. The second kappa shape index (κ2) is 13.6. The van der Waals surface area contributed by atoms with Crippen LogP contribution in [0.25, 0.3) is 0 Å². The molecule has 0 aliphatic heterocycles. The summed E-state index contributed by atoms with van der Waals surface area (Å²) in [6.07, 6.45) is -3.27. The van der Waals surface area contributed by atoms with Crippen molar-refractivity contribution in [2.45, 2.75) is 44.6 Å². The number of hydrogen-bond acceptors (Lipinski definition) is 5. The largest absolute Gasteiger partial charge is 0.480 e. The third-order valence-corrected chi connectivity index (χ3v) is 6.20. The van der Waals surface area contributed by atoms with Crippen molar-refractivity contribution in [1.82, 2.24) is 15.6 Å². The number of alkyl halides is 3. The van der Waals surface area contributed by atoms with Gasteiger partial charge in [0.05, 0.1) is 6.04 Å². The van der Waals surface area contributed by atoms with Crippen molar-refractivity contribution in [1.29, 1.82) is 0 Å². The van der Waals surface area contributed by atoms with Crippen LogP contribution in [0, 0.1) is 5.92 Å².